The van der Waals surface area contributed by atoms with Gasteiger partial charge in [0.15, 0.2) is 0 Å². The largest absolute Gasteiger partial charge is 0.748 e. The summed E-state index contributed by atoms with van der Waals surface area (Å²) < 4.78 is 116. The lowest BCUT2D eigenvalue weighted by Gasteiger charge is -2.37. The van der Waals surface area contributed by atoms with E-state index >= 15 is 0 Å². The zero-order chi connectivity index (χ0) is 22.3. The first-order chi connectivity index (χ1) is 13.2. The molecule has 0 aromatic carbocycles. The molecule has 0 bridgehead atoms. The Morgan fingerprint density at radius 1 is 0.793 bits per heavy atom. The molecule has 1 rings (SSSR count). The van der Waals surface area contributed by atoms with Crippen LogP contribution < -0.4 is 0 Å². The number of esters is 1. The SMILES string of the molecule is O=C(OC(CS(=O)(=O)[O-])(C(F)(F)F)C(F)(F)F)C1CCCCCCCCCCC1. The molecule has 1 fully saturated rings. The normalized spacial score (nSPS) is 19.8. The smallest absolute Gasteiger partial charge is 0.438 e. The van der Waals surface area contributed by atoms with Crippen molar-refractivity contribution in [3.63, 3.8) is 0 Å². The highest BCUT2D eigenvalue weighted by Crippen LogP contribution is 2.47. The molecular formula is C17H25F6O5S-. The van der Waals surface area contributed by atoms with Gasteiger partial charge in [0.2, 0.25) is 0 Å². The molecule has 1 aliphatic rings. The predicted molar refractivity (Wildman–Crippen MR) is 89.8 cm³/mol. The Morgan fingerprint density at radius 2 is 1.14 bits per heavy atom. The zero-order valence-electron chi connectivity index (χ0n) is 15.8. The first-order valence-corrected chi connectivity index (χ1v) is 11.1. The molecule has 0 saturated heterocycles. The quantitative estimate of drug-likeness (QED) is 0.344. The van der Waals surface area contributed by atoms with Crippen LogP contribution in [0.5, 0.6) is 0 Å². The van der Waals surface area contributed by atoms with Crippen LogP contribution in [-0.2, 0) is 19.6 Å². The summed E-state index contributed by atoms with van der Waals surface area (Å²) in [4.78, 5) is 12.3. The van der Waals surface area contributed by atoms with Gasteiger partial charge in [0.25, 0.3) is 0 Å². The van der Waals surface area contributed by atoms with E-state index in [0.717, 1.165) is 32.1 Å². The lowest BCUT2D eigenvalue weighted by molar-refractivity contribution is -0.362. The fraction of sp³-hybridized carbons (Fsp3) is 0.941. The van der Waals surface area contributed by atoms with Gasteiger partial charge in [0, 0.05) is 0 Å². The highest BCUT2D eigenvalue weighted by atomic mass is 32.2. The second-order valence-electron chi connectivity index (χ2n) is 7.40. The van der Waals surface area contributed by atoms with Crippen LogP contribution in [0.4, 0.5) is 26.3 Å². The molecule has 1 saturated carbocycles. The second-order valence-corrected chi connectivity index (χ2v) is 8.81. The molecule has 172 valence electrons. The van der Waals surface area contributed by atoms with Crippen molar-refractivity contribution in [1.29, 1.82) is 0 Å². The second kappa shape index (κ2) is 10.3. The van der Waals surface area contributed by atoms with E-state index in [9.17, 15) is 44.1 Å². The molecule has 0 aromatic rings. The minimum Gasteiger partial charge on any atom is -0.748 e. The van der Waals surface area contributed by atoms with Crippen LogP contribution in [0.15, 0.2) is 0 Å². The van der Waals surface area contributed by atoms with Crippen LogP contribution in [0.1, 0.15) is 70.6 Å². The lowest BCUT2D eigenvalue weighted by atomic mass is 9.92. The monoisotopic (exact) mass is 455 g/mol. The number of alkyl halides is 6. The Bertz CT molecular complexity index is 603. The molecule has 29 heavy (non-hydrogen) atoms. The highest BCUT2D eigenvalue weighted by Gasteiger charge is 2.75. The molecule has 0 heterocycles. The number of rotatable bonds is 4. The van der Waals surface area contributed by atoms with Crippen LogP contribution in [0.25, 0.3) is 0 Å². The van der Waals surface area contributed by atoms with E-state index in [-0.39, 0.29) is 12.8 Å². The summed E-state index contributed by atoms with van der Waals surface area (Å²) in [7, 11) is -6.02. The summed E-state index contributed by atoms with van der Waals surface area (Å²) >= 11 is 0. The number of hydrogen-bond donors (Lipinski definition) is 0. The van der Waals surface area contributed by atoms with Gasteiger partial charge in [-0.1, -0.05) is 57.8 Å². The number of hydrogen-bond acceptors (Lipinski definition) is 5. The Morgan fingerprint density at radius 3 is 1.45 bits per heavy atom. The maximum atomic E-state index is 13.3. The van der Waals surface area contributed by atoms with Gasteiger partial charge in [-0.25, -0.2) is 8.42 Å². The van der Waals surface area contributed by atoms with Gasteiger partial charge < -0.3 is 9.29 Å². The third-order valence-corrected chi connectivity index (χ3v) is 5.77. The topological polar surface area (TPSA) is 83.5 Å². The molecule has 0 aliphatic heterocycles. The maximum absolute atomic E-state index is 13.3. The Balaban J connectivity index is 3.12. The minimum atomic E-state index is -6.33. The molecule has 0 radical (unpaired) electrons. The Kier molecular flexibility index (Phi) is 9.25. The number of carbonyl (C=O) groups is 1. The summed E-state index contributed by atoms with van der Waals surface area (Å²) in [6.07, 6.45) is -5.76. The molecule has 5 nitrogen and oxygen atoms in total. The predicted octanol–water partition coefficient (Wildman–Crippen LogP) is 4.86. The lowest BCUT2D eigenvalue weighted by Crippen LogP contribution is -2.63. The van der Waals surface area contributed by atoms with Gasteiger partial charge in [-0.15, -0.1) is 0 Å². The van der Waals surface area contributed by atoms with E-state index in [1.54, 1.807) is 0 Å². The van der Waals surface area contributed by atoms with Gasteiger partial charge in [-0.05, 0) is 12.8 Å². The summed E-state index contributed by atoms with van der Waals surface area (Å²) in [5.74, 6) is -5.96. The molecular weight excluding hydrogens is 430 g/mol. The van der Waals surface area contributed by atoms with E-state index in [4.69, 9.17) is 0 Å². The molecule has 0 atom stereocenters. The molecule has 12 heteroatoms. The van der Waals surface area contributed by atoms with Crippen molar-refractivity contribution in [2.75, 3.05) is 5.75 Å². The van der Waals surface area contributed by atoms with Crippen LogP contribution in [-0.4, -0.2) is 42.6 Å². The van der Waals surface area contributed by atoms with E-state index in [2.05, 4.69) is 4.74 Å². The van der Waals surface area contributed by atoms with Crippen LogP contribution in [0.3, 0.4) is 0 Å². The zero-order valence-corrected chi connectivity index (χ0v) is 16.6. The summed E-state index contributed by atoms with van der Waals surface area (Å²) in [5, 5.41) is 0. The molecule has 0 aromatic heterocycles. The third kappa shape index (κ3) is 7.95. The number of halogens is 6. The number of ether oxygens (including phenoxy) is 1. The summed E-state index contributed by atoms with van der Waals surface area (Å²) in [6, 6.07) is 0. The van der Waals surface area contributed by atoms with Gasteiger partial charge in [-0.3, -0.25) is 4.79 Å². The molecule has 0 amide bonds. The van der Waals surface area contributed by atoms with Crippen molar-refractivity contribution in [1.82, 2.24) is 0 Å². The van der Waals surface area contributed by atoms with Crippen LogP contribution >= 0.6 is 0 Å². The highest BCUT2D eigenvalue weighted by molar-refractivity contribution is 7.85. The fourth-order valence-corrected chi connectivity index (χ4v) is 4.26. The average molecular weight is 455 g/mol. The van der Waals surface area contributed by atoms with Crippen molar-refractivity contribution in [3.05, 3.63) is 0 Å². The van der Waals surface area contributed by atoms with E-state index in [0.29, 0.717) is 25.7 Å². The van der Waals surface area contributed by atoms with Gasteiger partial charge in [0.05, 0.1) is 21.8 Å². The van der Waals surface area contributed by atoms with Gasteiger partial charge in [-0.2, -0.15) is 26.3 Å². The van der Waals surface area contributed by atoms with Gasteiger partial charge in [0.1, 0.15) is 0 Å². The van der Waals surface area contributed by atoms with Crippen molar-refractivity contribution >= 4 is 16.1 Å². The van der Waals surface area contributed by atoms with Crippen LogP contribution in [0, 0.1) is 5.92 Å². The minimum absolute atomic E-state index is 0.0365. The maximum Gasteiger partial charge on any atom is 0.438 e. The summed E-state index contributed by atoms with van der Waals surface area (Å²) in [6.45, 7) is 0. The summed E-state index contributed by atoms with van der Waals surface area (Å²) in [5.41, 5.74) is -5.39. The molecule has 0 spiro atoms. The standard InChI is InChI=1S/C17H26F6O5S/c18-16(19,20)15(17(21,22)23,12-29(25,26)27)28-14(24)13-10-8-6-4-2-1-3-5-7-9-11-13/h13H,1-12H2,(H,25,26,27)/p-1. The Hall–Kier alpha value is -1.04. The van der Waals surface area contributed by atoms with E-state index in [1.807, 2.05) is 0 Å². The first kappa shape index (κ1) is 26.0. The molecule has 1 aliphatic carbocycles. The van der Waals surface area contributed by atoms with E-state index < -0.39 is 45.7 Å². The number of carbonyl (C=O) groups excluding carboxylic acids is 1. The fourth-order valence-electron chi connectivity index (χ4n) is 3.37. The van der Waals surface area contributed by atoms with Crippen molar-refractivity contribution in [3.8, 4) is 0 Å². The van der Waals surface area contributed by atoms with Crippen molar-refractivity contribution in [2.45, 2.75) is 88.6 Å². The first-order valence-electron chi connectivity index (χ1n) is 9.49. The van der Waals surface area contributed by atoms with Crippen molar-refractivity contribution < 1.29 is 48.8 Å². The molecule has 0 N–H and O–H groups in total. The average Bonchev–Trinajstić information content (AvgIpc) is 2.51. The van der Waals surface area contributed by atoms with Gasteiger partial charge >= 0.3 is 23.9 Å². The third-order valence-electron chi connectivity index (χ3n) is 5.01. The Labute approximate surface area is 165 Å². The van der Waals surface area contributed by atoms with Crippen molar-refractivity contribution in [2.24, 2.45) is 5.92 Å². The van der Waals surface area contributed by atoms with Crippen LogP contribution in [0.2, 0.25) is 0 Å². The van der Waals surface area contributed by atoms with E-state index in [1.165, 1.54) is 0 Å². The molecule has 0 unspecified atom stereocenters.